The number of aryl methyl sites for hydroxylation is 1. The van der Waals surface area contributed by atoms with Crippen LogP contribution < -0.4 is 15.4 Å². The molecule has 0 aliphatic heterocycles. The van der Waals surface area contributed by atoms with Crippen LogP contribution >= 0.6 is 0 Å². The Bertz CT molecular complexity index is 847. The zero-order valence-electron chi connectivity index (χ0n) is 15.3. The minimum Gasteiger partial charge on any atom is -0.497 e. The van der Waals surface area contributed by atoms with Crippen LogP contribution in [0.3, 0.4) is 0 Å². The van der Waals surface area contributed by atoms with Gasteiger partial charge in [0.15, 0.2) is 0 Å². The zero-order valence-corrected chi connectivity index (χ0v) is 15.3. The average molecular weight is 361 g/mol. The number of nitrogens with zero attached hydrogens (tertiary/aromatic N) is 1. The van der Waals surface area contributed by atoms with Crippen LogP contribution in [-0.4, -0.2) is 24.5 Å². The largest absolute Gasteiger partial charge is 0.497 e. The van der Waals surface area contributed by atoms with Crippen LogP contribution in [0.5, 0.6) is 5.75 Å². The molecule has 0 unspecified atom stereocenters. The monoisotopic (exact) mass is 361 g/mol. The average Bonchev–Trinajstić information content (AvgIpc) is 2.73. The van der Waals surface area contributed by atoms with Gasteiger partial charge >= 0.3 is 0 Å². The predicted molar refractivity (Wildman–Crippen MR) is 108 cm³/mol. The lowest BCUT2D eigenvalue weighted by atomic mass is 10.1. The van der Waals surface area contributed by atoms with Gasteiger partial charge in [0.1, 0.15) is 11.6 Å². The standard InChI is InChI=1S/C22H23N3O2/c1-27-20-12-9-18(10-13-20)22(26)25-21-14-11-19(16-24-21)23-15-5-8-17-6-3-2-4-7-17/h2-4,6-7,9-14,16,23H,5,8,15H2,1H3,(H,24,25,26). The molecule has 138 valence electrons. The molecule has 0 bridgehead atoms. The Balaban J connectivity index is 1.45. The van der Waals surface area contributed by atoms with Crippen molar-refractivity contribution in [2.24, 2.45) is 0 Å². The lowest BCUT2D eigenvalue weighted by Gasteiger charge is -2.08. The summed E-state index contributed by atoms with van der Waals surface area (Å²) in [6.07, 6.45) is 3.81. The first-order valence-corrected chi connectivity index (χ1v) is 8.94. The molecule has 5 heteroatoms. The van der Waals surface area contributed by atoms with E-state index in [0.717, 1.165) is 25.1 Å². The van der Waals surface area contributed by atoms with Crippen LogP contribution in [0, 0.1) is 0 Å². The van der Waals surface area contributed by atoms with Crippen molar-refractivity contribution in [3.05, 3.63) is 84.1 Å². The number of amides is 1. The van der Waals surface area contributed by atoms with Gasteiger partial charge in [-0.2, -0.15) is 0 Å². The van der Waals surface area contributed by atoms with Gasteiger partial charge in [0.25, 0.3) is 5.91 Å². The minimum absolute atomic E-state index is 0.200. The van der Waals surface area contributed by atoms with Crippen LogP contribution in [0.25, 0.3) is 0 Å². The summed E-state index contributed by atoms with van der Waals surface area (Å²) in [6, 6.07) is 21.1. The third-order valence-electron chi connectivity index (χ3n) is 4.17. The summed E-state index contributed by atoms with van der Waals surface area (Å²) in [5.41, 5.74) is 2.83. The molecular weight excluding hydrogens is 338 g/mol. The smallest absolute Gasteiger partial charge is 0.256 e. The number of benzene rings is 2. The van der Waals surface area contributed by atoms with Gasteiger partial charge in [0, 0.05) is 12.1 Å². The molecule has 0 spiro atoms. The molecule has 0 aliphatic rings. The predicted octanol–water partition coefficient (Wildman–Crippen LogP) is 4.39. The van der Waals surface area contributed by atoms with Crippen LogP contribution in [0.2, 0.25) is 0 Å². The molecule has 3 aromatic rings. The number of hydrogen-bond acceptors (Lipinski definition) is 4. The third kappa shape index (κ3) is 5.57. The lowest BCUT2D eigenvalue weighted by molar-refractivity contribution is 0.102. The topological polar surface area (TPSA) is 63.2 Å². The van der Waals surface area contributed by atoms with E-state index < -0.39 is 0 Å². The van der Waals surface area contributed by atoms with Gasteiger partial charge in [0.2, 0.25) is 0 Å². The van der Waals surface area contributed by atoms with E-state index in [1.165, 1.54) is 5.56 Å². The van der Waals surface area contributed by atoms with Crippen molar-refractivity contribution in [3.63, 3.8) is 0 Å². The SMILES string of the molecule is COc1ccc(C(=O)Nc2ccc(NCCCc3ccccc3)cn2)cc1. The number of ether oxygens (including phenoxy) is 1. The molecule has 5 nitrogen and oxygen atoms in total. The second-order valence-electron chi connectivity index (χ2n) is 6.13. The summed E-state index contributed by atoms with van der Waals surface area (Å²) in [4.78, 5) is 16.5. The summed E-state index contributed by atoms with van der Waals surface area (Å²) >= 11 is 0. The van der Waals surface area contributed by atoms with E-state index in [9.17, 15) is 4.79 Å². The molecule has 0 saturated carbocycles. The fraction of sp³-hybridized carbons (Fsp3) is 0.182. The van der Waals surface area contributed by atoms with Gasteiger partial charge in [-0.3, -0.25) is 4.79 Å². The maximum absolute atomic E-state index is 12.2. The maximum atomic E-state index is 12.2. The summed E-state index contributed by atoms with van der Waals surface area (Å²) in [5.74, 6) is 1.03. The third-order valence-corrected chi connectivity index (χ3v) is 4.17. The molecule has 1 amide bonds. The van der Waals surface area contributed by atoms with Gasteiger partial charge in [-0.05, 0) is 54.8 Å². The summed E-state index contributed by atoms with van der Waals surface area (Å²) in [6.45, 7) is 0.869. The number of carbonyl (C=O) groups is 1. The second kappa shape index (κ2) is 9.38. The summed E-state index contributed by atoms with van der Waals surface area (Å²) in [7, 11) is 1.59. The zero-order chi connectivity index (χ0) is 18.9. The van der Waals surface area contributed by atoms with Crippen LogP contribution in [0.4, 0.5) is 11.5 Å². The van der Waals surface area contributed by atoms with Crippen molar-refractivity contribution >= 4 is 17.4 Å². The molecule has 1 heterocycles. The molecule has 27 heavy (non-hydrogen) atoms. The number of nitrogens with one attached hydrogen (secondary N) is 2. The number of methoxy groups -OCH3 is 1. The first-order valence-electron chi connectivity index (χ1n) is 8.94. The number of anilines is 2. The van der Waals surface area contributed by atoms with E-state index in [4.69, 9.17) is 4.74 Å². The first kappa shape index (κ1) is 18.5. The van der Waals surface area contributed by atoms with Gasteiger partial charge in [0.05, 0.1) is 19.0 Å². The van der Waals surface area contributed by atoms with Crippen LogP contribution in [0.1, 0.15) is 22.3 Å². The van der Waals surface area contributed by atoms with E-state index in [2.05, 4.69) is 39.9 Å². The Morgan fingerprint density at radius 1 is 1.00 bits per heavy atom. The van der Waals surface area contributed by atoms with E-state index >= 15 is 0 Å². The van der Waals surface area contributed by atoms with E-state index in [-0.39, 0.29) is 5.91 Å². The molecule has 1 aromatic heterocycles. The van der Waals surface area contributed by atoms with Crippen LogP contribution in [-0.2, 0) is 6.42 Å². The minimum atomic E-state index is -0.200. The molecular formula is C22H23N3O2. The molecule has 0 radical (unpaired) electrons. The number of aromatic nitrogens is 1. The van der Waals surface area contributed by atoms with Gasteiger partial charge in [-0.25, -0.2) is 4.98 Å². The molecule has 2 aromatic carbocycles. The highest BCUT2D eigenvalue weighted by Crippen LogP contribution is 2.14. The van der Waals surface area contributed by atoms with E-state index in [0.29, 0.717) is 17.1 Å². The van der Waals surface area contributed by atoms with E-state index in [1.54, 1.807) is 43.6 Å². The number of carbonyl (C=O) groups excluding carboxylic acids is 1. The summed E-state index contributed by atoms with van der Waals surface area (Å²) < 4.78 is 5.09. The van der Waals surface area contributed by atoms with Gasteiger partial charge < -0.3 is 15.4 Å². The molecule has 0 fully saturated rings. The van der Waals surface area contributed by atoms with Gasteiger partial charge in [-0.15, -0.1) is 0 Å². The number of pyridine rings is 1. The Labute approximate surface area is 159 Å². The molecule has 3 rings (SSSR count). The molecule has 0 aliphatic carbocycles. The fourth-order valence-electron chi connectivity index (χ4n) is 2.67. The Morgan fingerprint density at radius 2 is 1.78 bits per heavy atom. The highest BCUT2D eigenvalue weighted by Gasteiger charge is 2.07. The van der Waals surface area contributed by atoms with Crippen molar-refractivity contribution in [1.29, 1.82) is 0 Å². The van der Waals surface area contributed by atoms with E-state index in [1.807, 2.05) is 12.1 Å². The highest BCUT2D eigenvalue weighted by atomic mass is 16.5. The quantitative estimate of drug-likeness (QED) is 0.584. The first-order chi connectivity index (χ1) is 13.2. The highest BCUT2D eigenvalue weighted by molar-refractivity contribution is 6.03. The van der Waals surface area contributed by atoms with Crippen molar-refractivity contribution in [2.75, 3.05) is 24.3 Å². The number of rotatable bonds is 8. The lowest BCUT2D eigenvalue weighted by Crippen LogP contribution is -2.13. The van der Waals surface area contributed by atoms with Crippen molar-refractivity contribution in [2.45, 2.75) is 12.8 Å². The number of hydrogen-bond donors (Lipinski definition) is 2. The van der Waals surface area contributed by atoms with Crippen molar-refractivity contribution < 1.29 is 9.53 Å². The van der Waals surface area contributed by atoms with Crippen LogP contribution in [0.15, 0.2) is 72.9 Å². The second-order valence-corrected chi connectivity index (χ2v) is 6.13. The Hall–Kier alpha value is -3.34. The molecule has 0 saturated heterocycles. The summed E-state index contributed by atoms with van der Waals surface area (Å²) in [5, 5.41) is 6.14. The fourth-order valence-corrected chi connectivity index (χ4v) is 2.67. The van der Waals surface area contributed by atoms with Crippen molar-refractivity contribution in [1.82, 2.24) is 4.98 Å². The Morgan fingerprint density at radius 3 is 2.44 bits per heavy atom. The Kier molecular flexibility index (Phi) is 6.41. The molecule has 0 atom stereocenters. The van der Waals surface area contributed by atoms with Gasteiger partial charge in [-0.1, -0.05) is 30.3 Å². The molecule has 2 N–H and O–H groups in total. The van der Waals surface area contributed by atoms with Crippen molar-refractivity contribution in [3.8, 4) is 5.75 Å². The maximum Gasteiger partial charge on any atom is 0.256 e. The normalized spacial score (nSPS) is 10.3.